The molecule has 1 heterocycles. The highest BCUT2D eigenvalue weighted by atomic mass is 35.5. The summed E-state index contributed by atoms with van der Waals surface area (Å²) in [6, 6.07) is 3.89. The highest BCUT2D eigenvalue weighted by molar-refractivity contribution is 6.35. The van der Waals surface area contributed by atoms with E-state index in [2.05, 4.69) is 10.6 Å². The van der Waals surface area contributed by atoms with Crippen molar-refractivity contribution in [3.8, 4) is 0 Å². The van der Waals surface area contributed by atoms with Gasteiger partial charge in [0, 0.05) is 22.2 Å². The molecular formula is C14H14Cl2N2O4. The normalized spacial score (nSPS) is 18.5. The average molecular weight is 345 g/mol. The Kier molecular flexibility index (Phi) is 5.26. The molecule has 2 atom stereocenters. The molecule has 2 N–H and O–H groups in total. The van der Waals surface area contributed by atoms with Crippen LogP contribution in [0.1, 0.15) is 19.8 Å². The van der Waals surface area contributed by atoms with Crippen molar-refractivity contribution >= 4 is 46.7 Å². The molecule has 0 spiro atoms. The van der Waals surface area contributed by atoms with Gasteiger partial charge in [-0.15, -0.1) is 0 Å². The summed E-state index contributed by atoms with van der Waals surface area (Å²) in [6.45, 7) is 1.44. The van der Waals surface area contributed by atoms with E-state index < -0.39 is 24.0 Å². The number of carbonyl (C=O) groups is 3. The van der Waals surface area contributed by atoms with Crippen LogP contribution in [0.2, 0.25) is 10.0 Å². The molecule has 0 saturated carbocycles. The number of anilines is 1. The molecule has 1 aromatic carbocycles. The minimum Gasteiger partial charge on any atom is -0.451 e. The van der Waals surface area contributed by atoms with Gasteiger partial charge in [0.05, 0.1) is 0 Å². The maximum atomic E-state index is 12.0. The van der Waals surface area contributed by atoms with Crippen LogP contribution in [0, 0.1) is 0 Å². The van der Waals surface area contributed by atoms with E-state index in [0.29, 0.717) is 22.2 Å². The number of amides is 2. The molecule has 6 nitrogen and oxygen atoms in total. The number of hydrogen-bond acceptors (Lipinski definition) is 4. The number of rotatable bonds is 4. The zero-order valence-corrected chi connectivity index (χ0v) is 13.2. The van der Waals surface area contributed by atoms with E-state index in [1.165, 1.54) is 25.1 Å². The Hall–Kier alpha value is -1.79. The molecule has 1 aromatic rings. The third-order valence-corrected chi connectivity index (χ3v) is 3.51. The van der Waals surface area contributed by atoms with E-state index in [-0.39, 0.29) is 12.3 Å². The number of benzene rings is 1. The van der Waals surface area contributed by atoms with Crippen molar-refractivity contribution in [1.29, 1.82) is 0 Å². The smallest absolute Gasteiger partial charge is 0.329 e. The minimum absolute atomic E-state index is 0.201. The minimum atomic E-state index is -1.01. The molecule has 22 heavy (non-hydrogen) atoms. The maximum absolute atomic E-state index is 12.0. The van der Waals surface area contributed by atoms with Crippen LogP contribution in [0.15, 0.2) is 18.2 Å². The number of ether oxygens (including phenoxy) is 1. The van der Waals surface area contributed by atoms with Gasteiger partial charge in [0.15, 0.2) is 6.10 Å². The van der Waals surface area contributed by atoms with Crippen LogP contribution >= 0.6 is 23.2 Å². The van der Waals surface area contributed by atoms with Crippen molar-refractivity contribution in [2.45, 2.75) is 31.9 Å². The number of hydrogen-bond donors (Lipinski definition) is 2. The second-order valence-electron chi connectivity index (χ2n) is 4.89. The van der Waals surface area contributed by atoms with Crippen molar-refractivity contribution in [2.75, 3.05) is 5.32 Å². The van der Waals surface area contributed by atoms with Gasteiger partial charge in [0.2, 0.25) is 5.91 Å². The number of nitrogens with one attached hydrogen (secondary N) is 2. The Morgan fingerprint density at radius 1 is 1.32 bits per heavy atom. The van der Waals surface area contributed by atoms with Gasteiger partial charge in [0.25, 0.3) is 5.91 Å². The molecule has 1 aliphatic heterocycles. The number of esters is 1. The van der Waals surface area contributed by atoms with Gasteiger partial charge in [-0.25, -0.2) is 4.79 Å². The average Bonchev–Trinajstić information content (AvgIpc) is 2.84. The number of halogens is 2. The number of carbonyl (C=O) groups excluding carboxylic acids is 3. The van der Waals surface area contributed by atoms with Crippen LogP contribution in [0.25, 0.3) is 0 Å². The highest BCUT2D eigenvalue weighted by Gasteiger charge is 2.30. The standard InChI is InChI=1S/C14H14Cl2N2O4/c1-7(22-14(21)11-2-3-12(19)18-11)13(20)17-10-5-8(15)4-9(16)6-10/h4-7,11H,2-3H2,1H3,(H,17,20)(H,18,19)/t7-,11-/m0/s1. The Labute approximate surface area is 137 Å². The first kappa shape index (κ1) is 16.6. The maximum Gasteiger partial charge on any atom is 0.329 e. The molecule has 1 saturated heterocycles. The summed E-state index contributed by atoms with van der Waals surface area (Å²) in [4.78, 5) is 34.9. The molecule has 2 rings (SSSR count). The third kappa shape index (κ3) is 4.35. The molecule has 0 aliphatic carbocycles. The fourth-order valence-electron chi connectivity index (χ4n) is 1.97. The molecule has 0 radical (unpaired) electrons. The van der Waals surface area contributed by atoms with Crippen LogP contribution in [0.4, 0.5) is 5.69 Å². The van der Waals surface area contributed by atoms with Crippen molar-refractivity contribution in [3.05, 3.63) is 28.2 Å². The van der Waals surface area contributed by atoms with Crippen molar-refractivity contribution in [3.63, 3.8) is 0 Å². The van der Waals surface area contributed by atoms with Crippen LogP contribution in [-0.4, -0.2) is 29.9 Å². The van der Waals surface area contributed by atoms with Crippen molar-refractivity contribution < 1.29 is 19.1 Å². The summed E-state index contributed by atoms with van der Waals surface area (Å²) >= 11 is 11.7. The second kappa shape index (κ2) is 6.98. The SMILES string of the molecule is C[C@H](OC(=O)[C@@H]1CCC(=O)N1)C(=O)Nc1cc(Cl)cc(Cl)c1. The zero-order chi connectivity index (χ0) is 16.3. The van der Waals surface area contributed by atoms with E-state index in [9.17, 15) is 14.4 Å². The van der Waals surface area contributed by atoms with Gasteiger partial charge >= 0.3 is 5.97 Å². The van der Waals surface area contributed by atoms with Crippen molar-refractivity contribution in [2.24, 2.45) is 0 Å². The Balaban J connectivity index is 1.91. The van der Waals surface area contributed by atoms with Crippen LogP contribution < -0.4 is 10.6 Å². The predicted octanol–water partition coefficient (Wildman–Crippen LogP) is 2.14. The first-order chi connectivity index (χ1) is 10.3. The lowest BCUT2D eigenvalue weighted by molar-refractivity contribution is -0.155. The monoisotopic (exact) mass is 344 g/mol. The second-order valence-corrected chi connectivity index (χ2v) is 5.76. The molecule has 118 valence electrons. The van der Waals surface area contributed by atoms with Gasteiger partial charge in [0.1, 0.15) is 6.04 Å². The Morgan fingerprint density at radius 3 is 2.50 bits per heavy atom. The fourth-order valence-corrected chi connectivity index (χ4v) is 2.50. The third-order valence-electron chi connectivity index (χ3n) is 3.07. The van der Waals surface area contributed by atoms with E-state index in [4.69, 9.17) is 27.9 Å². The van der Waals surface area contributed by atoms with E-state index in [1.807, 2.05) is 0 Å². The zero-order valence-electron chi connectivity index (χ0n) is 11.7. The summed E-state index contributed by atoms with van der Waals surface area (Å²) in [7, 11) is 0. The van der Waals surface area contributed by atoms with Gasteiger partial charge in [-0.2, -0.15) is 0 Å². The lowest BCUT2D eigenvalue weighted by atomic mass is 10.2. The molecule has 0 bridgehead atoms. The molecule has 2 amide bonds. The topological polar surface area (TPSA) is 84.5 Å². The Bertz CT molecular complexity index is 601. The lowest BCUT2D eigenvalue weighted by Gasteiger charge is -2.16. The fraction of sp³-hybridized carbons (Fsp3) is 0.357. The van der Waals surface area contributed by atoms with Gasteiger partial charge in [-0.3, -0.25) is 9.59 Å². The molecule has 8 heteroatoms. The Morgan fingerprint density at radius 2 is 1.95 bits per heavy atom. The molecule has 0 unspecified atom stereocenters. The highest BCUT2D eigenvalue weighted by Crippen LogP contribution is 2.22. The summed E-state index contributed by atoms with van der Waals surface area (Å²) in [6.07, 6.45) is -0.361. The molecule has 1 aliphatic rings. The lowest BCUT2D eigenvalue weighted by Crippen LogP contribution is -2.39. The summed E-state index contributed by atoms with van der Waals surface area (Å²) in [5.41, 5.74) is 0.402. The molecule has 0 aromatic heterocycles. The van der Waals surface area contributed by atoms with E-state index >= 15 is 0 Å². The van der Waals surface area contributed by atoms with Crippen molar-refractivity contribution in [1.82, 2.24) is 5.32 Å². The van der Waals surface area contributed by atoms with Crippen LogP contribution in [0.5, 0.6) is 0 Å². The van der Waals surface area contributed by atoms with E-state index in [0.717, 1.165) is 0 Å². The van der Waals surface area contributed by atoms with Crippen LogP contribution in [-0.2, 0) is 19.1 Å². The van der Waals surface area contributed by atoms with Gasteiger partial charge < -0.3 is 15.4 Å². The summed E-state index contributed by atoms with van der Waals surface area (Å²) in [5, 5.41) is 5.79. The molecule has 1 fully saturated rings. The predicted molar refractivity (Wildman–Crippen MR) is 81.8 cm³/mol. The van der Waals surface area contributed by atoms with Gasteiger partial charge in [-0.05, 0) is 31.5 Å². The summed E-state index contributed by atoms with van der Waals surface area (Å²) < 4.78 is 5.05. The first-order valence-corrected chi connectivity index (χ1v) is 7.37. The summed E-state index contributed by atoms with van der Waals surface area (Å²) in [5.74, 6) is -1.35. The van der Waals surface area contributed by atoms with Gasteiger partial charge in [-0.1, -0.05) is 23.2 Å². The first-order valence-electron chi connectivity index (χ1n) is 6.62. The quantitative estimate of drug-likeness (QED) is 0.819. The van der Waals surface area contributed by atoms with E-state index in [1.54, 1.807) is 0 Å². The largest absolute Gasteiger partial charge is 0.451 e. The molecular weight excluding hydrogens is 331 g/mol. The van der Waals surface area contributed by atoms with Crippen LogP contribution in [0.3, 0.4) is 0 Å².